The predicted octanol–water partition coefficient (Wildman–Crippen LogP) is 2.26. The van der Waals surface area contributed by atoms with Crippen molar-refractivity contribution in [2.24, 2.45) is 0 Å². The second-order valence-corrected chi connectivity index (χ2v) is 4.92. The fraction of sp³-hybridized carbons (Fsp3) is 0.167. The number of rotatable bonds is 3. The molecule has 0 saturated heterocycles. The van der Waals surface area contributed by atoms with Crippen LogP contribution in [0, 0.1) is 0 Å². The van der Waals surface area contributed by atoms with Crippen LogP contribution in [0.15, 0.2) is 32.3 Å². The number of halogens is 4. The third-order valence-corrected chi connectivity index (χ3v) is 3.56. The van der Waals surface area contributed by atoms with E-state index in [1.807, 2.05) is 0 Å². The van der Waals surface area contributed by atoms with Gasteiger partial charge in [-0.25, -0.2) is 0 Å². The lowest BCUT2D eigenvalue weighted by molar-refractivity contribution is -0.138. The van der Waals surface area contributed by atoms with Crippen molar-refractivity contribution in [3.63, 3.8) is 0 Å². The standard InChI is InChI=1S/C12H8BrF3N2O2/c13-7-3-1-2-6(12(14,15)16)5(7)4-18-9-8(17)10(19)11(9)20/h1-3,18H,4,17H2. The van der Waals surface area contributed by atoms with Gasteiger partial charge in [0.25, 0.3) is 10.9 Å². The number of nitrogen functional groups attached to an aromatic ring is 1. The largest absolute Gasteiger partial charge is 0.416 e. The zero-order valence-electron chi connectivity index (χ0n) is 9.84. The van der Waals surface area contributed by atoms with Gasteiger partial charge in [0.1, 0.15) is 11.4 Å². The van der Waals surface area contributed by atoms with E-state index in [4.69, 9.17) is 5.73 Å². The third-order valence-electron chi connectivity index (χ3n) is 2.81. The Bertz CT molecular complexity index is 733. The van der Waals surface area contributed by atoms with Crippen molar-refractivity contribution in [3.05, 3.63) is 54.2 Å². The second-order valence-electron chi connectivity index (χ2n) is 4.06. The summed E-state index contributed by atoms with van der Waals surface area (Å²) in [6.45, 7) is -0.272. The molecule has 0 bridgehead atoms. The Morgan fingerprint density at radius 3 is 2.40 bits per heavy atom. The van der Waals surface area contributed by atoms with E-state index in [0.717, 1.165) is 6.07 Å². The normalized spacial score (nSPS) is 11.8. The highest BCUT2D eigenvalue weighted by atomic mass is 79.9. The molecule has 0 fully saturated rings. The summed E-state index contributed by atoms with van der Waals surface area (Å²) in [6, 6.07) is 3.66. The van der Waals surface area contributed by atoms with Crippen molar-refractivity contribution in [2.75, 3.05) is 11.1 Å². The zero-order valence-corrected chi connectivity index (χ0v) is 11.4. The molecule has 0 amide bonds. The van der Waals surface area contributed by atoms with Gasteiger partial charge in [-0.3, -0.25) is 9.59 Å². The molecule has 0 aromatic heterocycles. The smallest absolute Gasteiger partial charge is 0.394 e. The summed E-state index contributed by atoms with van der Waals surface area (Å²) < 4.78 is 38.8. The molecule has 0 aliphatic heterocycles. The lowest BCUT2D eigenvalue weighted by atomic mass is 10.1. The number of nitrogens with one attached hydrogen (secondary N) is 1. The molecular formula is C12H8BrF3N2O2. The Labute approximate surface area is 119 Å². The average molecular weight is 349 g/mol. The molecule has 0 spiro atoms. The van der Waals surface area contributed by atoms with Crippen LogP contribution < -0.4 is 21.9 Å². The van der Waals surface area contributed by atoms with Crippen LogP contribution >= 0.6 is 15.9 Å². The molecule has 0 heterocycles. The van der Waals surface area contributed by atoms with Crippen molar-refractivity contribution in [2.45, 2.75) is 12.7 Å². The zero-order chi connectivity index (χ0) is 15.1. The van der Waals surface area contributed by atoms with E-state index in [9.17, 15) is 22.8 Å². The van der Waals surface area contributed by atoms with Gasteiger partial charge < -0.3 is 11.1 Å². The maximum Gasteiger partial charge on any atom is 0.416 e. The van der Waals surface area contributed by atoms with Crippen molar-refractivity contribution >= 4 is 27.3 Å². The molecule has 0 atom stereocenters. The maximum absolute atomic E-state index is 12.9. The quantitative estimate of drug-likeness (QED) is 0.834. The third kappa shape index (κ3) is 2.43. The van der Waals surface area contributed by atoms with E-state index in [1.54, 1.807) is 0 Å². The summed E-state index contributed by atoms with van der Waals surface area (Å²) in [6.07, 6.45) is -4.51. The van der Waals surface area contributed by atoms with Gasteiger partial charge in [-0.1, -0.05) is 22.0 Å². The summed E-state index contributed by atoms with van der Waals surface area (Å²) in [5.74, 6) is 0. The summed E-state index contributed by atoms with van der Waals surface area (Å²) in [5, 5.41) is 2.47. The van der Waals surface area contributed by atoms with Crippen molar-refractivity contribution in [1.82, 2.24) is 0 Å². The van der Waals surface area contributed by atoms with Crippen LogP contribution in [0.2, 0.25) is 0 Å². The Kier molecular flexibility index (Phi) is 3.59. The Hall–Kier alpha value is -1.83. The summed E-state index contributed by atoms with van der Waals surface area (Å²) in [7, 11) is 0. The van der Waals surface area contributed by atoms with E-state index in [0.29, 0.717) is 0 Å². The van der Waals surface area contributed by atoms with Crippen LogP contribution in [0.4, 0.5) is 24.5 Å². The first-order valence-corrected chi connectivity index (χ1v) is 6.20. The lowest BCUT2D eigenvalue weighted by Crippen LogP contribution is -2.37. The molecule has 0 unspecified atom stereocenters. The molecule has 0 aliphatic rings. The van der Waals surface area contributed by atoms with Crippen LogP contribution in [0.3, 0.4) is 0 Å². The van der Waals surface area contributed by atoms with Crippen LogP contribution in [0.25, 0.3) is 0 Å². The monoisotopic (exact) mass is 348 g/mol. The topological polar surface area (TPSA) is 72.2 Å². The SMILES string of the molecule is Nc1c(NCc2c(Br)cccc2C(F)(F)F)c(=O)c1=O. The highest BCUT2D eigenvalue weighted by Crippen LogP contribution is 2.35. The Morgan fingerprint density at radius 2 is 1.85 bits per heavy atom. The highest BCUT2D eigenvalue weighted by Gasteiger charge is 2.34. The number of hydrogen-bond acceptors (Lipinski definition) is 4. The highest BCUT2D eigenvalue weighted by molar-refractivity contribution is 9.10. The van der Waals surface area contributed by atoms with Crippen LogP contribution in [-0.2, 0) is 12.7 Å². The maximum atomic E-state index is 12.9. The van der Waals surface area contributed by atoms with Crippen molar-refractivity contribution in [1.29, 1.82) is 0 Å². The van der Waals surface area contributed by atoms with Crippen molar-refractivity contribution in [3.8, 4) is 0 Å². The summed E-state index contributed by atoms with van der Waals surface area (Å²) in [4.78, 5) is 22.1. The fourth-order valence-corrected chi connectivity index (χ4v) is 2.27. The molecule has 0 radical (unpaired) electrons. The van der Waals surface area contributed by atoms with Gasteiger partial charge in [0.2, 0.25) is 0 Å². The summed E-state index contributed by atoms with van der Waals surface area (Å²) >= 11 is 3.03. The van der Waals surface area contributed by atoms with E-state index < -0.39 is 22.6 Å². The Balaban J connectivity index is 2.31. The molecule has 2 aromatic rings. The molecule has 0 aliphatic carbocycles. The molecule has 106 valence electrons. The minimum atomic E-state index is -4.51. The average Bonchev–Trinajstić information content (AvgIpc) is 2.38. The van der Waals surface area contributed by atoms with E-state index >= 15 is 0 Å². The lowest BCUT2D eigenvalue weighted by Gasteiger charge is -2.16. The first-order valence-electron chi connectivity index (χ1n) is 5.40. The number of anilines is 2. The van der Waals surface area contributed by atoms with Crippen LogP contribution in [0.5, 0.6) is 0 Å². The van der Waals surface area contributed by atoms with Gasteiger partial charge in [0.05, 0.1) is 5.56 Å². The van der Waals surface area contributed by atoms with Gasteiger partial charge in [-0.15, -0.1) is 0 Å². The second kappa shape index (κ2) is 4.93. The number of alkyl halides is 3. The predicted molar refractivity (Wildman–Crippen MR) is 72.2 cm³/mol. The summed E-state index contributed by atoms with van der Waals surface area (Å²) in [5.41, 5.74) is 2.38. The molecule has 2 aromatic carbocycles. The van der Waals surface area contributed by atoms with Gasteiger partial charge in [0, 0.05) is 11.0 Å². The first-order chi connectivity index (χ1) is 9.23. The molecule has 20 heavy (non-hydrogen) atoms. The van der Waals surface area contributed by atoms with Gasteiger partial charge in [-0.2, -0.15) is 13.2 Å². The number of nitrogens with two attached hydrogens (primary N) is 1. The van der Waals surface area contributed by atoms with Crippen LogP contribution in [-0.4, -0.2) is 0 Å². The van der Waals surface area contributed by atoms with Crippen LogP contribution in [0.1, 0.15) is 11.1 Å². The first kappa shape index (κ1) is 14.6. The fourth-order valence-electron chi connectivity index (χ4n) is 1.77. The van der Waals surface area contributed by atoms with Gasteiger partial charge in [0.15, 0.2) is 0 Å². The van der Waals surface area contributed by atoms with E-state index in [2.05, 4.69) is 21.2 Å². The number of hydrogen-bond donors (Lipinski definition) is 2. The molecule has 0 saturated carbocycles. The number of benzene rings is 1. The molecule has 8 heteroatoms. The molecule has 2 rings (SSSR count). The molecule has 4 nitrogen and oxygen atoms in total. The minimum Gasteiger partial charge on any atom is -0.394 e. The minimum absolute atomic E-state index is 0.0625. The Morgan fingerprint density at radius 1 is 1.20 bits per heavy atom. The van der Waals surface area contributed by atoms with Gasteiger partial charge >= 0.3 is 6.18 Å². The van der Waals surface area contributed by atoms with E-state index in [-0.39, 0.29) is 28.0 Å². The van der Waals surface area contributed by atoms with Gasteiger partial charge in [-0.05, 0) is 17.7 Å². The van der Waals surface area contributed by atoms with E-state index in [1.165, 1.54) is 12.1 Å². The van der Waals surface area contributed by atoms with Crippen molar-refractivity contribution < 1.29 is 13.2 Å². The molecule has 3 N–H and O–H groups in total. The molecular weight excluding hydrogens is 341 g/mol.